The van der Waals surface area contributed by atoms with E-state index in [0.29, 0.717) is 25.8 Å². The molecule has 2 heterocycles. The normalized spacial score (nSPS) is 19.8. The number of nitrogens with zero attached hydrogens (tertiary/aromatic N) is 2. The molecule has 0 aromatic heterocycles. The van der Waals surface area contributed by atoms with Gasteiger partial charge in [0, 0.05) is 50.9 Å². The number of ether oxygens (including phenoxy) is 1. The monoisotopic (exact) mass is 339 g/mol. The van der Waals surface area contributed by atoms with Crippen molar-refractivity contribution >= 4 is 5.91 Å². The molecule has 1 N–H and O–H groups in total. The minimum atomic E-state index is -0.389. The van der Waals surface area contributed by atoms with E-state index in [9.17, 15) is 4.79 Å². The maximum atomic E-state index is 12.3. The molecule has 0 saturated carbocycles. The average molecular weight is 339 g/mol. The van der Waals surface area contributed by atoms with Crippen LogP contribution in [0, 0.1) is 12.3 Å². The SMILES string of the molecule is C#CCCC1(CCC(=O)NCC2(c3ccccc3)CCOCC2)N=N1. The van der Waals surface area contributed by atoms with Gasteiger partial charge in [0.2, 0.25) is 5.91 Å². The molecule has 5 nitrogen and oxygen atoms in total. The fraction of sp³-hybridized carbons (Fsp3) is 0.550. The molecule has 25 heavy (non-hydrogen) atoms. The Kier molecular flexibility index (Phi) is 5.50. The molecule has 0 unspecified atom stereocenters. The van der Waals surface area contributed by atoms with Gasteiger partial charge in [-0.2, -0.15) is 10.2 Å². The second-order valence-electron chi connectivity index (χ2n) is 6.92. The van der Waals surface area contributed by atoms with Gasteiger partial charge in [-0.15, -0.1) is 12.3 Å². The fourth-order valence-corrected chi connectivity index (χ4v) is 3.46. The number of carbonyl (C=O) groups excluding carboxylic acids is 1. The third-order valence-electron chi connectivity index (χ3n) is 5.27. The van der Waals surface area contributed by atoms with Crippen molar-refractivity contribution in [3.05, 3.63) is 35.9 Å². The molecule has 1 aromatic carbocycles. The van der Waals surface area contributed by atoms with E-state index >= 15 is 0 Å². The molecule has 0 atom stereocenters. The van der Waals surface area contributed by atoms with Gasteiger partial charge < -0.3 is 10.1 Å². The molecule has 1 fully saturated rings. The fourth-order valence-electron chi connectivity index (χ4n) is 3.46. The molecular formula is C20H25N3O2. The lowest BCUT2D eigenvalue weighted by molar-refractivity contribution is -0.121. The van der Waals surface area contributed by atoms with Crippen molar-refractivity contribution in [1.82, 2.24) is 5.32 Å². The summed E-state index contributed by atoms with van der Waals surface area (Å²) in [6, 6.07) is 10.4. The van der Waals surface area contributed by atoms with Crippen molar-refractivity contribution in [2.75, 3.05) is 19.8 Å². The number of amides is 1. The van der Waals surface area contributed by atoms with E-state index < -0.39 is 0 Å². The summed E-state index contributed by atoms with van der Waals surface area (Å²) in [6.07, 6.45) is 9.60. The number of hydrogen-bond donors (Lipinski definition) is 1. The quantitative estimate of drug-likeness (QED) is 0.739. The van der Waals surface area contributed by atoms with Crippen molar-refractivity contribution in [2.24, 2.45) is 10.2 Å². The summed E-state index contributed by atoms with van der Waals surface area (Å²) < 4.78 is 5.54. The van der Waals surface area contributed by atoms with Crippen LogP contribution in [0.1, 0.15) is 44.1 Å². The zero-order chi connectivity index (χ0) is 17.6. The first-order valence-electron chi connectivity index (χ1n) is 8.96. The third kappa shape index (κ3) is 4.46. The average Bonchev–Trinajstić information content (AvgIpc) is 3.45. The van der Waals surface area contributed by atoms with Crippen LogP contribution in [0.25, 0.3) is 0 Å². The highest BCUT2D eigenvalue weighted by Gasteiger charge is 2.39. The van der Waals surface area contributed by atoms with E-state index in [1.807, 2.05) is 6.07 Å². The predicted molar refractivity (Wildman–Crippen MR) is 96.1 cm³/mol. The lowest BCUT2D eigenvalue weighted by Crippen LogP contribution is -2.44. The van der Waals surface area contributed by atoms with E-state index in [-0.39, 0.29) is 17.0 Å². The lowest BCUT2D eigenvalue weighted by atomic mass is 9.74. The van der Waals surface area contributed by atoms with Crippen molar-refractivity contribution in [1.29, 1.82) is 0 Å². The lowest BCUT2D eigenvalue weighted by Gasteiger charge is -2.38. The Morgan fingerprint density at radius 2 is 1.92 bits per heavy atom. The maximum Gasteiger partial charge on any atom is 0.220 e. The standard InChI is InChI=1S/C20H25N3O2/c1-2-3-10-20(22-23-20)11-9-18(24)21-16-19(12-14-25-15-13-19)17-7-5-4-6-8-17/h1,4-8H,3,9-16H2,(H,21,24). The number of nitrogens with one attached hydrogen (secondary N) is 1. The van der Waals surface area contributed by atoms with Crippen LogP contribution in [0.3, 0.4) is 0 Å². The molecule has 5 heteroatoms. The van der Waals surface area contributed by atoms with Crippen LogP contribution in [0.2, 0.25) is 0 Å². The van der Waals surface area contributed by atoms with Gasteiger partial charge in [0.1, 0.15) is 0 Å². The Hall–Kier alpha value is -2.19. The molecule has 0 spiro atoms. The van der Waals surface area contributed by atoms with Gasteiger partial charge >= 0.3 is 0 Å². The zero-order valence-electron chi connectivity index (χ0n) is 14.5. The summed E-state index contributed by atoms with van der Waals surface area (Å²) in [5, 5.41) is 11.3. The summed E-state index contributed by atoms with van der Waals surface area (Å²) in [5.41, 5.74) is 0.848. The summed E-state index contributed by atoms with van der Waals surface area (Å²) >= 11 is 0. The van der Waals surface area contributed by atoms with Crippen LogP contribution >= 0.6 is 0 Å². The minimum Gasteiger partial charge on any atom is -0.381 e. The van der Waals surface area contributed by atoms with Gasteiger partial charge in [-0.1, -0.05) is 30.3 Å². The number of terminal acetylenes is 1. The van der Waals surface area contributed by atoms with E-state index in [2.05, 4.69) is 45.7 Å². The Balaban J connectivity index is 1.53. The topological polar surface area (TPSA) is 63.0 Å². The van der Waals surface area contributed by atoms with Gasteiger partial charge in [-0.3, -0.25) is 4.79 Å². The van der Waals surface area contributed by atoms with E-state index in [1.54, 1.807) is 0 Å². The first kappa shape index (κ1) is 17.6. The Bertz CT molecular complexity index is 651. The first-order valence-corrected chi connectivity index (χ1v) is 8.96. The van der Waals surface area contributed by atoms with Crippen molar-refractivity contribution < 1.29 is 9.53 Å². The number of benzene rings is 1. The molecule has 3 rings (SSSR count). The number of rotatable bonds is 8. The maximum absolute atomic E-state index is 12.3. The smallest absolute Gasteiger partial charge is 0.220 e. The third-order valence-corrected chi connectivity index (χ3v) is 5.27. The van der Waals surface area contributed by atoms with Crippen molar-refractivity contribution in [3.63, 3.8) is 0 Å². The molecule has 2 aliphatic heterocycles. The highest BCUT2D eigenvalue weighted by atomic mass is 16.5. The van der Waals surface area contributed by atoms with Crippen LogP contribution in [0.15, 0.2) is 40.6 Å². The minimum absolute atomic E-state index is 0.0370. The highest BCUT2D eigenvalue weighted by molar-refractivity contribution is 5.76. The van der Waals surface area contributed by atoms with E-state index in [1.165, 1.54) is 5.56 Å². The summed E-state index contributed by atoms with van der Waals surface area (Å²) in [6.45, 7) is 2.11. The molecule has 1 aromatic rings. The van der Waals surface area contributed by atoms with Gasteiger partial charge in [-0.05, 0) is 18.4 Å². The molecule has 0 radical (unpaired) electrons. The Labute approximate surface area is 149 Å². The Morgan fingerprint density at radius 1 is 1.20 bits per heavy atom. The van der Waals surface area contributed by atoms with Crippen molar-refractivity contribution in [2.45, 2.75) is 49.6 Å². The summed E-state index contributed by atoms with van der Waals surface area (Å²) in [4.78, 5) is 12.3. The molecule has 0 bridgehead atoms. The first-order chi connectivity index (χ1) is 12.2. The van der Waals surface area contributed by atoms with Crippen LogP contribution in [0.4, 0.5) is 0 Å². The van der Waals surface area contributed by atoms with Crippen LogP contribution in [0.5, 0.6) is 0 Å². The van der Waals surface area contributed by atoms with Crippen molar-refractivity contribution in [3.8, 4) is 12.3 Å². The molecule has 2 aliphatic rings. The second kappa shape index (κ2) is 7.79. The van der Waals surface area contributed by atoms with Crippen LogP contribution in [-0.2, 0) is 14.9 Å². The number of carbonyl (C=O) groups is 1. The molecule has 0 aliphatic carbocycles. The predicted octanol–water partition coefficient (Wildman–Crippen LogP) is 3.21. The zero-order valence-corrected chi connectivity index (χ0v) is 14.5. The highest BCUT2D eigenvalue weighted by Crippen LogP contribution is 2.38. The van der Waals surface area contributed by atoms with Gasteiger partial charge in [-0.25, -0.2) is 0 Å². The van der Waals surface area contributed by atoms with Crippen LogP contribution < -0.4 is 5.32 Å². The van der Waals surface area contributed by atoms with Gasteiger partial charge in [0.05, 0.1) is 0 Å². The van der Waals surface area contributed by atoms with E-state index in [0.717, 1.165) is 32.5 Å². The van der Waals surface area contributed by atoms with Crippen LogP contribution in [-0.4, -0.2) is 31.3 Å². The molecular weight excluding hydrogens is 314 g/mol. The Morgan fingerprint density at radius 3 is 2.56 bits per heavy atom. The van der Waals surface area contributed by atoms with Gasteiger partial charge in [0.15, 0.2) is 5.66 Å². The summed E-state index contributed by atoms with van der Waals surface area (Å²) in [5.74, 6) is 2.67. The van der Waals surface area contributed by atoms with Gasteiger partial charge in [0.25, 0.3) is 0 Å². The number of hydrogen-bond acceptors (Lipinski definition) is 4. The molecule has 1 amide bonds. The van der Waals surface area contributed by atoms with E-state index in [4.69, 9.17) is 11.2 Å². The largest absolute Gasteiger partial charge is 0.381 e. The molecule has 132 valence electrons. The summed E-state index contributed by atoms with van der Waals surface area (Å²) in [7, 11) is 0. The second-order valence-corrected chi connectivity index (χ2v) is 6.92. The molecule has 1 saturated heterocycles.